The van der Waals surface area contributed by atoms with Gasteiger partial charge in [0.25, 0.3) is 5.91 Å². The monoisotopic (exact) mass is 191 g/mol. The second-order valence-corrected chi connectivity index (χ2v) is 2.97. The molecule has 4 N–H and O–H groups in total. The molecule has 0 fully saturated rings. The van der Waals surface area contributed by atoms with Gasteiger partial charge in [-0.25, -0.2) is 0 Å². The summed E-state index contributed by atoms with van der Waals surface area (Å²) in [6.45, 7) is 1.67. The van der Waals surface area contributed by atoms with Gasteiger partial charge >= 0.3 is 0 Å². The molecular weight excluding hydrogens is 178 g/mol. The first-order chi connectivity index (χ1) is 6.57. The number of hydrogen-bond acceptors (Lipinski definition) is 3. The summed E-state index contributed by atoms with van der Waals surface area (Å²) >= 11 is 0. The van der Waals surface area contributed by atoms with E-state index < -0.39 is 5.91 Å². The van der Waals surface area contributed by atoms with Crippen molar-refractivity contribution in [3.05, 3.63) is 29.3 Å². The second kappa shape index (κ2) is 3.91. The predicted octanol–water partition coefficient (Wildman–Crippen LogP) is 1.21. The molecule has 1 aromatic rings. The van der Waals surface area contributed by atoms with Crippen molar-refractivity contribution >= 4 is 17.3 Å². The molecule has 0 heterocycles. The SMILES string of the molecule is CNc1c(C(C)=N)cccc1C(N)=O. The molecule has 0 unspecified atom stereocenters. The van der Waals surface area contributed by atoms with E-state index in [4.69, 9.17) is 11.1 Å². The van der Waals surface area contributed by atoms with Crippen LogP contribution < -0.4 is 11.1 Å². The Hall–Kier alpha value is -1.84. The van der Waals surface area contributed by atoms with Gasteiger partial charge in [-0.05, 0) is 13.0 Å². The van der Waals surface area contributed by atoms with E-state index in [9.17, 15) is 4.79 Å². The number of carbonyl (C=O) groups excluding carboxylic acids is 1. The molecule has 0 aliphatic carbocycles. The zero-order valence-electron chi connectivity index (χ0n) is 8.22. The fraction of sp³-hybridized carbons (Fsp3) is 0.200. The molecule has 0 atom stereocenters. The highest BCUT2D eigenvalue weighted by atomic mass is 16.1. The quantitative estimate of drug-likeness (QED) is 0.628. The minimum atomic E-state index is -0.488. The van der Waals surface area contributed by atoms with E-state index in [0.29, 0.717) is 22.5 Å². The maximum absolute atomic E-state index is 11.1. The Morgan fingerprint density at radius 1 is 1.43 bits per heavy atom. The number of nitrogens with one attached hydrogen (secondary N) is 2. The van der Waals surface area contributed by atoms with E-state index in [-0.39, 0.29) is 0 Å². The van der Waals surface area contributed by atoms with E-state index in [1.807, 2.05) is 0 Å². The predicted molar refractivity (Wildman–Crippen MR) is 57.0 cm³/mol. The largest absolute Gasteiger partial charge is 0.387 e. The van der Waals surface area contributed by atoms with Gasteiger partial charge in [0.05, 0.1) is 11.3 Å². The molecule has 0 saturated heterocycles. The Morgan fingerprint density at radius 2 is 2.00 bits per heavy atom. The van der Waals surface area contributed by atoms with Crippen LogP contribution in [0.25, 0.3) is 0 Å². The highest BCUT2D eigenvalue weighted by Gasteiger charge is 2.11. The maximum Gasteiger partial charge on any atom is 0.250 e. The topological polar surface area (TPSA) is 79.0 Å². The summed E-state index contributed by atoms with van der Waals surface area (Å²) in [5.74, 6) is -0.488. The molecule has 0 aliphatic rings. The summed E-state index contributed by atoms with van der Waals surface area (Å²) in [6, 6.07) is 5.13. The molecule has 1 aromatic carbocycles. The minimum Gasteiger partial charge on any atom is -0.387 e. The highest BCUT2D eigenvalue weighted by molar-refractivity contribution is 6.08. The Kier molecular flexibility index (Phi) is 2.86. The number of para-hydroxylation sites is 1. The summed E-state index contributed by atoms with van der Waals surface area (Å²) in [4.78, 5) is 11.1. The van der Waals surface area contributed by atoms with Gasteiger partial charge in [-0.3, -0.25) is 4.79 Å². The van der Waals surface area contributed by atoms with E-state index in [1.165, 1.54) is 0 Å². The van der Waals surface area contributed by atoms with E-state index in [2.05, 4.69) is 5.32 Å². The Bertz CT molecular complexity index is 353. The smallest absolute Gasteiger partial charge is 0.250 e. The van der Waals surface area contributed by atoms with E-state index in [0.717, 1.165) is 0 Å². The Labute approximate surface area is 82.6 Å². The van der Waals surface area contributed by atoms with Crippen molar-refractivity contribution in [2.45, 2.75) is 6.92 Å². The lowest BCUT2D eigenvalue weighted by molar-refractivity contribution is 0.100. The van der Waals surface area contributed by atoms with Crippen LogP contribution in [0.4, 0.5) is 5.69 Å². The van der Waals surface area contributed by atoms with Crippen LogP contribution in [0, 0.1) is 5.41 Å². The van der Waals surface area contributed by atoms with Crippen LogP contribution in [0.5, 0.6) is 0 Å². The average molecular weight is 191 g/mol. The number of rotatable bonds is 3. The van der Waals surface area contributed by atoms with Crippen molar-refractivity contribution < 1.29 is 4.79 Å². The molecule has 74 valence electrons. The number of nitrogens with two attached hydrogens (primary N) is 1. The standard InChI is InChI=1S/C10H13N3O/c1-6(11)7-4-3-5-8(10(12)14)9(7)13-2/h3-5,11,13H,1-2H3,(H2,12,14). The van der Waals surface area contributed by atoms with Gasteiger partial charge in [0.15, 0.2) is 0 Å². The molecule has 4 heteroatoms. The van der Waals surface area contributed by atoms with Crippen molar-refractivity contribution in [2.24, 2.45) is 5.73 Å². The molecule has 4 nitrogen and oxygen atoms in total. The molecule has 0 spiro atoms. The van der Waals surface area contributed by atoms with Crippen LogP contribution in [0.3, 0.4) is 0 Å². The third-order valence-electron chi connectivity index (χ3n) is 1.98. The van der Waals surface area contributed by atoms with E-state index >= 15 is 0 Å². The highest BCUT2D eigenvalue weighted by Crippen LogP contribution is 2.20. The molecule has 0 saturated carbocycles. The lowest BCUT2D eigenvalue weighted by Crippen LogP contribution is -2.15. The lowest BCUT2D eigenvalue weighted by atomic mass is 10.0. The molecular formula is C10H13N3O. The van der Waals surface area contributed by atoms with E-state index in [1.54, 1.807) is 32.2 Å². The molecule has 0 aromatic heterocycles. The van der Waals surface area contributed by atoms with Crippen molar-refractivity contribution in [1.29, 1.82) is 5.41 Å². The van der Waals surface area contributed by atoms with Crippen LogP contribution in [0.1, 0.15) is 22.8 Å². The van der Waals surface area contributed by atoms with Crippen molar-refractivity contribution in [1.82, 2.24) is 0 Å². The fourth-order valence-corrected chi connectivity index (χ4v) is 1.34. The maximum atomic E-state index is 11.1. The third kappa shape index (κ3) is 1.74. The zero-order valence-corrected chi connectivity index (χ0v) is 8.22. The first-order valence-corrected chi connectivity index (χ1v) is 4.24. The summed E-state index contributed by atoms with van der Waals surface area (Å²) in [5, 5.41) is 10.4. The molecule has 0 bridgehead atoms. The Morgan fingerprint density at radius 3 is 2.43 bits per heavy atom. The number of amides is 1. The molecule has 14 heavy (non-hydrogen) atoms. The van der Waals surface area contributed by atoms with Crippen LogP contribution in [-0.2, 0) is 0 Å². The number of primary amides is 1. The first kappa shape index (κ1) is 10.2. The zero-order chi connectivity index (χ0) is 10.7. The lowest BCUT2D eigenvalue weighted by Gasteiger charge is -2.11. The van der Waals surface area contributed by atoms with Crippen LogP contribution in [0.2, 0.25) is 0 Å². The average Bonchev–Trinajstić information content (AvgIpc) is 2.16. The fourth-order valence-electron chi connectivity index (χ4n) is 1.34. The number of benzene rings is 1. The number of anilines is 1. The summed E-state index contributed by atoms with van der Waals surface area (Å²) in [6.07, 6.45) is 0. The van der Waals surface area contributed by atoms with Crippen LogP contribution in [-0.4, -0.2) is 18.7 Å². The minimum absolute atomic E-state index is 0.400. The molecule has 0 aliphatic heterocycles. The second-order valence-electron chi connectivity index (χ2n) is 2.97. The van der Waals surface area contributed by atoms with Gasteiger partial charge in [0.2, 0.25) is 0 Å². The van der Waals surface area contributed by atoms with Crippen LogP contribution >= 0.6 is 0 Å². The third-order valence-corrected chi connectivity index (χ3v) is 1.98. The summed E-state index contributed by atoms with van der Waals surface area (Å²) in [7, 11) is 1.70. The van der Waals surface area contributed by atoms with Gasteiger partial charge in [-0.1, -0.05) is 12.1 Å². The molecule has 0 radical (unpaired) electrons. The van der Waals surface area contributed by atoms with Crippen molar-refractivity contribution in [2.75, 3.05) is 12.4 Å². The summed E-state index contributed by atoms with van der Waals surface area (Å²) in [5.41, 5.74) is 7.34. The summed E-state index contributed by atoms with van der Waals surface area (Å²) < 4.78 is 0. The van der Waals surface area contributed by atoms with Gasteiger partial charge in [0, 0.05) is 18.3 Å². The van der Waals surface area contributed by atoms with Crippen molar-refractivity contribution in [3.8, 4) is 0 Å². The van der Waals surface area contributed by atoms with Gasteiger partial charge < -0.3 is 16.5 Å². The normalized spacial score (nSPS) is 9.57. The Balaban J connectivity index is 3.39. The first-order valence-electron chi connectivity index (χ1n) is 4.24. The van der Waals surface area contributed by atoms with Crippen LogP contribution in [0.15, 0.2) is 18.2 Å². The number of hydrogen-bond donors (Lipinski definition) is 3. The number of carbonyl (C=O) groups is 1. The van der Waals surface area contributed by atoms with Gasteiger partial charge in [-0.15, -0.1) is 0 Å². The van der Waals surface area contributed by atoms with Crippen molar-refractivity contribution in [3.63, 3.8) is 0 Å². The molecule has 1 amide bonds. The van der Waals surface area contributed by atoms with Gasteiger partial charge in [0.1, 0.15) is 0 Å². The van der Waals surface area contributed by atoms with Gasteiger partial charge in [-0.2, -0.15) is 0 Å². The molecule has 1 rings (SSSR count).